The summed E-state index contributed by atoms with van der Waals surface area (Å²) in [4.78, 5) is 6.53. The summed E-state index contributed by atoms with van der Waals surface area (Å²) in [5.41, 5.74) is 3.00. The van der Waals surface area contributed by atoms with Crippen LogP contribution in [0.25, 0.3) is 0 Å². The van der Waals surface area contributed by atoms with Gasteiger partial charge in [0.25, 0.3) is 0 Å². The maximum absolute atomic E-state index is 9.58. The van der Waals surface area contributed by atoms with Crippen molar-refractivity contribution in [2.45, 2.75) is 54.0 Å². The van der Waals surface area contributed by atoms with Crippen molar-refractivity contribution >= 4 is 35.2 Å². The van der Waals surface area contributed by atoms with Crippen LogP contribution in [0.2, 0.25) is 5.02 Å². The number of halogens is 1. The molecule has 1 aromatic heterocycles. The van der Waals surface area contributed by atoms with Gasteiger partial charge < -0.3 is 9.64 Å². The van der Waals surface area contributed by atoms with Gasteiger partial charge in [0.05, 0.1) is 22.7 Å². The lowest BCUT2D eigenvalue weighted by atomic mass is 9.89. The lowest BCUT2D eigenvalue weighted by Crippen LogP contribution is -2.24. The number of nitrogens with zero attached hydrogens (tertiary/aromatic N) is 4. The van der Waals surface area contributed by atoms with Crippen LogP contribution >= 0.6 is 23.1 Å². The third-order valence-corrected chi connectivity index (χ3v) is 5.25. The van der Waals surface area contributed by atoms with Crippen molar-refractivity contribution in [2.75, 3.05) is 7.05 Å². The Balaban J connectivity index is 2.29. The SMILES string of the molecule is Cc1cc(Oc2snc(CC(C)(C)C)c2C#N)c(Cl)cc1/N=C\N(C)C(C)C. The molecule has 1 aromatic carbocycles. The molecule has 7 heteroatoms. The Morgan fingerprint density at radius 3 is 2.64 bits per heavy atom. The second-order valence-corrected chi connectivity index (χ2v) is 9.46. The number of rotatable bonds is 6. The van der Waals surface area contributed by atoms with E-state index in [1.807, 2.05) is 24.9 Å². The van der Waals surface area contributed by atoms with Gasteiger partial charge in [-0.15, -0.1) is 0 Å². The predicted molar refractivity (Wildman–Crippen MR) is 117 cm³/mol. The van der Waals surface area contributed by atoms with E-state index in [1.54, 1.807) is 12.4 Å². The first kappa shape index (κ1) is 22.2. The van der Waals surface area contributed by atoms with Crippen LogP contribution in [0.15, 0.2) is 17.1 Å². The van der Waals surface area contributed by atoms with Crippen LogP contribution in [0, 0.1) is 23.7 Å². The van der Waals surface area contributed by atoms with Gasteiger partial charge in [-0.1, -0.05) is 32.4 Å². The Morgan fingerprint density at radius 2 is 2.07 bits per heavy atom. The molecule has 0 saturated carbocycles. The minimum absolute atomic E-state index is 0.0357. The maximum Gasteiger partial charge on any atom is 0.218 e. The van der Waals surface area contributed by atoms with Gasteiger partial charge in [0, 0.05) is 24.6 Å². The number of aliphatic imine (C=N–C) groups is 1. The molecule has 0 fully saturated rings. The largest absolute Gasteiger partial charge is 0.442 e. The number of aryl methyl sites for hydroxylation is 1. The van der Waals surface area contributed by atoms with Crippen LogP contribution in [0.1, 0.15) is 51.4 Å². The van der Waals surface area contributed by atoms with Gasteiger partial charge in [-0.3, -0.25) is 0 Å². The first-order valence-corrected chi connectivity index (χ1v) is 10.3. The highest BCUT2D eigenvalue weighted by Gasteiger charge is 2.22. The molecule has 0 atom stereocenters. The topological polar surface area (TPSA) is 61.5 Å². The molecule has 0 bridgehead atoms. The number of aromatic nitrogens is 1. The van der Waals surface area contributed by atoms with Crippen molar-refractivity contribution in [1.82, 2.24) is 9.27 Å². The van der Waals surface area contributed by atoms with Crippen molar-refractivity contribution < 1.29 is 4.74 Å². The Hall–Kier alpha value is -2.10. The van der Waals surface area contributed by atoms with E-state index in [9.17, 15) is 5.26 Å². The molecule has 5 nitrogen and oxygen atoms in total. The molecule has 0 N–H and O–H groups in total. The average Bonchev–Trinajstić information content (AvgIpc) is 2.95. The summed E-state index contributed by atoms with van der Waals surface area (Å²) in [7, 11) is 1.98. The highest BCUT2D eigenvalue weighted by Crippen LogP contribution is 2.39. The molecular weight excluding hydrogens is 392 g/mol. The van der Waals surface area contributed by atoms with Gasteiger partial charge in [-0.2, -0.15) is 9.64 Å². The van der Waals surface area contributed by atoms with E-state index in [-0.39, 0.29) is 5.41 Å². The van der Waals surface area contributed by atoms with E-state index in [0.717, 1.165) is 16.9 Å². The van der Waals surface area contributed by atoms with E-state index >= 15 is 0 Å². The maximum atomic E-state index is 9.58. The van der Waals surface area contributed by atoms with Crippen molar-refractivity contribution in [3.05, 3.63) is 34.0 Å². The van der Waals surface area contributed by atoms with Gasteiger partial charge in [-0.05, 0) is 50.3 Å². The third-order valence-electron chi connectivity index (χ3n) is 4.19. The van der Waals surface area contributed by atoms with Crippen LogP contribution in [-0.2, 0) is 6.42 Å². The second-order valence-electron chi connectivity index (χ2n) is 8.32. The number of ether oxygens (including phenoxy) is 1. The Labute approximate surface area is 176 Å². The zero-order valence-corrected chi connectivity index (χ0v) is 19.1. The summed E-state index contributed by atoms with van der Waals surface area (Å²) >= 11 is 7.61. The molecule has 0 spiro atoms. The standard InChI is InChI=1S/C21H27ClN4OS/c1-13(2)26(7)12-24-17-9-16(22)19(8-14(17)3)27-20-15(11-23)18(25-28-20)10-21(4,5)6/h8-9,12-13H,10H2,1-7H3/b24-12-. The molecule has 150 valence electrons. The minimum Gasteiger partial charge on any atom is -0.442 e. The Morgan fingerprint density at radius 1 is 1.39 bits per heavy atom. The average molecular weight is 419 g/mol. The predicted octanol–water partition coefficient (Wildman–Crippen LogP) is 6.36. The molecule has 0 saturated heterocycles. The fourth-order valence-corrected chi connectivity index (χ4v) is 3.28. The summed E-state index contributed by atoms with van der Waals surface area (Å²) in [6.07, 6.45) is 2.50. The number of hydrogen-bond acceptors (Lipinski definition) is 5. The molecular formula is C21H27ClN4OS. The smallest absolute Gasteiger partial charge is 0.218 e. The van der Waals surface area contributed by atoms with Gasteiger partial charge >= 0.3 is 0 Å². The Kier molecular flexibility index (Phi) is 7.08. The molecule has 0 aliphatic rings. The molecule has 28 heavy (non-hydrogen) atoms. The summed E-state index contributed by atoms with van der Waals surface area (Å²) in [6.45, 7) is 12.5. The van der Waals surface area contributed by atoms with Crippen molar-refractivity contribution in [2.24, 2.45) is 10.4 Å². The molecule has 1 heterocycles. The van der Waals surface area contributed by atoms with E-state index < -0.39 is 0 Å². The molecule has 0 amide bonds. The lowest BCUT2D eigenvalue weighted by molar-refractivity contribution is 0.406. The third kappa shape index (κ3) is 5.70. The Bertz CT molecular complexity index is 906. The van der Waals surface area contributed by atoms with Crippen LogP contribution in [-0.4, -0.2) is 28.7 Å². The molecule has 0 aliphatic heterocycles. The minimum atomic E-state index is 0.0357. The first-order valence-electron chi connectivity index (χ1n) is 9.14. The second kappa shape index (κ2) is 8.93. The molecule has 0 radical (unpaired) electrons. The van der Waals surface area contributed by atoms with Crippen molar-refractivity contribution in [3.63, 3.8) is 0 Å². The van der Waals surface area contributed by atoms with E-state index in [2.05, 4.69) is 50.1 Å². The van der Waals surface area contributed by atoms with E-state index in [1.165, 1.54) is 11.5 Å². The fraction of sp³-hybridized carbons (Fsp3) is 0.476. The van der Waals surface area contributed by atoms with Crippen LogP contribution < -0.4 is 4.74 Å². The van der Waals surface area contributed by atoms with Gasteiger partial charge in [0.2, 0.25) is 5.06 Å². The van der Waals surface area contributed by atoms with Gasteiger partial charge in [0.1, 0.15) is 17.4 Å². The highest BCUT2D eigenvalue weighted by molar-refractivity contribution is 7.08. The number of benzene rings is 1. The number of nitriles is 1. The van der Waals surface area contributed by atoms with Crippen LogP contribution in [0.4, 0.5) is 5.69 Å². The zero-order chi connectivity index (χ0) is 21.1. The van der Waals surface area contributed by atoms with Gasteiger partial charge in [-0.25, -0.2) is 4.99 Å². The molecule has 0 aliphatic carbocycles. The molecule has 2 rings (SSSR count). The summed E-state index contributed by atoms with van der Waals surface area (Å²) in [5, 5.41) is 10.5. The van der Waals surface area contributed by atoms with E-state index in [4.69, 9.17) is 16.3 Å². The first-order chi connectivity index (χ1) is 13.0. The van der Waals surface area contributed by atoms with Gasteiger partial charge in [0.15, 0.2) is 0 Å². The quantitative estimate of drug-likeness (QED) is 0.404. The molecule has 2 aromatic rings. The normalized spacial score (nSPS) is 11.9. The highest BCUT2D eigenvalue weighted by atomic mass is 35.5. The lowest BCUT2D eigenvalue weighted by Gasteiger charge is -2.17. The van der Waals surface area contributed by atoms with E-state index in [0.29, 0.717) is 33.9 Å². The molecule has 0 unspecified atom stereocenters. The monoisotopic (exact) mass is 418 g/mol. The van der Waals surface area contributed by atoms with Crippen LogP contribution in [0.3, 0.4) is 0 Å². The van der Waals surface area contributed by atoms with Crippen molar-refractivity contribution in [3.8, 4) is 16.9 Å². The van der Waals surface area contributed by atoms with Crippen molar-refractivity contribution in [1.29, 1.82) is 5.26 Å². The fourth-order valence-electron chi connectivity index (χ4n) is 2.36. The summed E-state index contributed by atoms with van der Waals surface area (Å²) in [5.74, 6) is 0.498. The number of hydrogen-bond donors (Lipinski definition) is 0. The zero-order valence-electron chi connectivity index (χ0n) is 17.5. The summed E-state index contributed by atoms with van der Waals surface area (Å²) < 4.78 is 10.4. The summed E-state index contributed by atoms with van der Waals surface area (Å²) in [6, 6.07) is 6.21. The van der Waals surface area contributed by atoms with Crippen LogP contribution in [0.5, 0.6) is 10.8 Å².